The number of pyridine rings is 1. The Kier molecular flexibility index (Phi) is 10.2. The normalized spacial score (nSPS) is 14.0. The Morgan fingerprint density at radius 3 is 2.63 bits per heavy atom. The molecule has 13 heteroatoms. The van der Waals surface area contributed by atoms with E-state index in [0.29, 0.717) is 34.8 Å². The number of rotatable bonds is 12. The van der Waals surface area contributed by atoms with Crippen LogP contribution in [-0.2, 0) is 0 Å². The van der Waals surface area contributed by atoms with Gasteiger partial charge in [0.2, 0.25) is 0 Å². The topological polar surface area (TPSA) is 146 Å². The first-order chi connectivity index (χ1) is 22.2. The van der Waals surface area contributed by atoms with E-state index in [9.17, 15) is 14.9 Å². The standard InChI is InChI=1S/C33H35FN6O6/c1-22-11-15-38(16-12-22)14-5-17-45-32-20-27-25(19-31(32)44-2)29(10-13-36-27)46-30-9-8-24(18-26(30)34)39(33(35)41)37-21-23-6-3-4-7-28(23)40(42)43/h3-4,6-10,13,18-22H,5,11-12,14-17H2,1-2H3,(H2,35,41)/b37-21+. The van der Waals surface area contributed by atoms with Gasteiger partial charge in [-0.1, -0.05) is 19.1 Å². The lowest BCUT2D eigenvalue weighted by Gasteiger charge is -2.30. The van der Waals surface area contributed by atoms with Gasteiger partial charge in [-0.25, -0.2) is 9.18 Å². The molecule has 0 spiro atoms. The van der Waals surface area contributed by atoms with E-state index in [1.54, 1.807) is 37.6 Å². The van der Waals surface area contributed by atoms with Gasteiger partial charge in [-0.2, -0.15) is 10.1 Å². The van der Waals surface area contributed by atoms with Gasteiger partial charge in [-0.05, 0) is 68.6 Å². The summed E-state index contributed by atoms with van der Waals surface area (Å²) in [6.07, 6.45) is 5.99. The molecule has 2 amide bonds. The van der Waals surface area contributed by atoms with E-state index in [0.717, 1.165) is 49.3 Å². The summed E-state index contributed by atoms with van der Waals surface area (Å²) in [6.45, 7) is 6.04. The molecule has 1 fully saturated rings. The highest BCUT2D eigenvalue weighted by atomic mass is 19.1. The van der Waals surface area contributed by atoms with Crippen molar-refractivity contribution in [1.29, 1.82) is 0 Å². The van der Waals surface area contributed by atoms with E-state index in [1.807, 2.05) is 0 Å². The third kappa shape index (κ3) is 7.67. The minimum absolute atomic E-state index is 0.00919. The number of halogens is 1. The lowest BCUT2D eigenvalue weighted by molar-refractivity contribution is -0.385. The Balaban J connectivity index is 1.30. The summed E-state index contributed by atoms with van der Waals surface area (Å²) in [5.41, 5.74) is 5.96. The Bertz CT molecular complexity index is 1740. The number of nitro benzene ring substituents is 1. The van der Waals surface area contributed by atoms with Crippen LogP contribution in [0, 0.1) is 21.8 Å². The largest absolute Gasteiger partial charge is 0.493 e. The van der Waals surface area contributed by atoms with Gasteiger partial charge in [0.05, 0.1) is 41.6 Å². The number of carbonyl (C=O) groups is 1. The zero-order valence-corrected chi connectivity index (χ0v) is 25.6. The summed E-state index contributed by atoms with van der Waals surface area (Å²) in [4.78, 5) is 29.8. The first-order valence-electron chi connectivity index (χ1n) is 14.9. The number of nitrogens with zero attached hydrogens (tertiary/aromatic N) is 5. The number of para-hydroxylation sites is 1. The van der Waals surface area contributed by atoms with E-state index in [2.05, 4.69) is 21.9 Å². The smallest absolute Gasteiger partial charge is 0.340 e. The fourth-order valence-electron chi connectivity index (χ4n) is 5.20. The molecular formula is C33H35FN6O6. The summed E-state index contributed by atoms with van der Waals surface area (Å²) in [5.74, 6) is 1.22. The van der Waals surface area contributed by atoms with Crippen LogP contribution in [0.1, 0.15) is 31.7 Å². The number of fused-ring (bicyclic) bond motifs is 1. The number of carbonyl (C=O) groups excluding carboxylic acids is 1. The van der Waals surface area contributed by atoms with E-state index < -0.39 is 16.8 Å². The van der Waals surface area contributed by atoms with Gasteiger partial charge in [-0.15, -0.1) is 0 Å². The lowest BCUT2D eigenvalue weighted by Crippen LogP contribution is -2.34. The Hall–Kier alpha value is -5.30. The highest BCUT2D eigenvalue weighted by molar-refractivity contribution is 5.94. The molecule has 1 aromatic heterocycles. The number of urea groups is 1. The van der Waals surface area contributed by atoms with Crippen LogP contribution in [0.25, 0.3) is 10.9 Å². The van der Waals surface area contributed by atoms with Gasteiger partial charge in [0, 0.05) is 36.3 Å². The minimum Gasteiger partial charge on any atom is -0.493 e. The number of likely N-dealkylation sites (tertiary alicyclic amines) is 1. The lowest BCUT2D eigenvalue weighted by atomic mass is 9.99. The number of primary amides is 1. The van der Waals surface area contributed by atoms with Crippen molar-refractivity contribution in [2.75, 3.05) is 38.4 Å². The van der Waals surface area contributed by atoms with Gasteiger partial charge < -0.3 is 24.8 Å². The van der Waals surface area contributed by atoms with Crippen molar-refractivity contribution in [2.45, 2.75) is 26.2 Å². The highest BCUT2D eigenvalue weighted by Gasteiger charge is 2.19. The van der Waals surface area contributed by atoms with Crippen molar-refractivity contribution in [2.24, 2.45) is 16.8 Å². The molecule has 0 bridgehead atoms. The van der Waals surface area contributed by atoms with Crippen LogP contribution in [0.4, 0.5) is 20.6 Å². The molecule has 4 aromatic rings. The van der Waals surface area contributed by atoms with E-state index in [-0.39, 0.29) is 22.7 Å². The molecule has 0 saturated carbocycles. The number of hydrogen-bond acceptors (Lipinski definition) is 9. The van der Waals surface area contributed by atoms with E-state index in [1.165, 1.54) is 43.2 Å². The molecule has 2 N–H and O–H groups in total. The summed E-state index contributed by atoms with van der Waals surface area (Å²) >= 11 is 0. The summed E-state index contributed by atoms with van der Waals surface area (Å²) in [5, 5.41) is 16.6. The van der Waals surface area contributed by atoms with Gasteiger partial charge in [-0.3, -0.25) is 15.1 Å². The Labute approximate surface area is 265 Å². The van der Waals surface area contributed by atoms with Crippen molar-refractivity contribution in [3.63, 3.8) is 0 Å². The van der Waals surface area contributed by atoms with Gasteiger partial charge >= 0.3 is 6.03 Å². The molecule has 0 radical (unpaired) electrons. The molecule has 0 unspecified atom stereocenters. The molecule has 0 atom stereocenters. The number of nitro groups is 1. The molecule has 1 aliphatic heterocycles. The monoisotopic (exact) mass is 630 g/mol. The number of amides is 2. The molecule has 1 saturated heterocycles. The predicted octanol–water partition coefficient (Wildman–Crippen LogP) is 6.50. The number of benzene rings is 3. The molecule has 5 rings (SSSR count). The maximum absolute atomic E-state index is 15.3. The number of nitrogens with two attached hydrogens (primary N) is 1. The molecule has 1 aliphatic rings. The molecule has 2 heterocycles. The Morgan fingerprint density at radius 2 is 1.91 bits per heavy atom. The number of ether oxygens (including phenoxy) is 3. The predicted molar refractivity (Wildman–Crippen MR) is 172 cm³/mol. The SMILES string of the molecule is COc1cc2c(Oc3ccc(N(/N=C/c4ccccc4[N+](=O)[O-])C(N)=O)cc3F)ccnc2cc1OCCCN1CCC(C)CC1. The van der Waals surface area contributed by atoms with Crippen LogP contribution < -0.4 is 25.0 Å². The number of piperidine rings is 1. The van der Waals surface area contributed by atoms with Crippen molar-refractivity contribution in [3.8, 4) is 23.0 Å². The third-order valence-corrected chi connectivity index (χ3v) is 7.77. The summed E-state index contributed by atoms with van der Waals surface area (Å²) < 4.78 is 32.9. The average molecular weight is 631 g/mol. The summed E-state index contributed by atoms with van der Waals surface area (Å²) in [7, 11) is 1.54. The van der Waals surface area contributed by atoms with Crippen molar-refractivity contribution >= 4 is 34.5 Å². The van der Waals surface area contributed by atoms with Crippen LogP contribution >= 0.6 is 0 Å². The van der Waals surface area contributed by atoms with Crippen molar-refractivity contribution < 1.29 is 28.3 Å². The first kappa shape index (κ1) is 32.1. The molecule has 3 aromatic carbocycles. The maximum Gasteiger partial charge on any atom is 0.340 e. The summed E-state index contributed by atoms with van der Waals surface area (Å²) in [6, 6.07) is 13.7. The Morgan fingerprint density at radius 1 is 1.13 bits per heavy atom. The second-order valence-electron chi connectivity index (χ2n) is 11.0. The molecule has 0 aliphatic carbocycles. The highest BCUT2D eigenvalue weighted by Crippen LogP contribution is 2.38. The fraction of sp³-hybridized carbons (Fsp3) is 0.303. The minimum atomic E-state index is -1.02. The van der Waals surface area contributed by atoms with E-state index in [4.69, 9.17) is 19.9 Å². The molecule has 240 valence electrons. The number of hydrazone groups is 1. The zero-order valence-electron chi connectivity index (χ0n) is 25.6. The average Bonchev–Trinajstić information content (AvgIpc) is 3.05. The van der Waals surface area contributed by atoms with Crippen LogP contribution in [-0.4, -0.2) is 60.4 Å². The van der Waals surface area contributed by atoms with Gasteiger partial charge in [0.15, 0.2) is 23.1 Å². The van der Waals surface area contributed by atoms with Crippen LogP contribution in [0.15, 0.2) is 72.0 Å². The van der Waals surface area contributed by atoms with Crippen LogP contribution in [0.3, 0.4) is 0 Å². The third-order valence-electron chi connectivity index (χ3n) is 7.77. The maximum atomic E-state index is 15.3. The van der Waals surface area contributed by atoms with Crippen molar-refractivity contribution in [1.82, 2.24) is 9.88 Å². The number of hydrogen-bond donors (Lipinski definition) is 1. The van der Waals surface area contributed by atoms with Gasteiger partial charge in [0.1, 0.15) is 5.75 Å². The quantitative estimate of drug-likeness (QED) is 0.0808. The van der Waals surface area contributed by atoms with E-state index >= 15 is 4.39 Å². The number of aromatic nitrogens is 1. The molecular weight excluding hydrogens is 595 g/mol. The van der Waals surface area contributed by atoms with Gasteiger partial charge in [0.25, 0.3) is 5.69 Å². The molecule has 46 heavy (non-hydrogen) atoms. The second-order valence-corrected chi connectivity index (χ2v) is 11.0. The first-order valence-corrected chi connectivity index (χ1v) is 14.9. The van der Waals surface area contributed by atoms with Crippen LogP contribution in [0.2, 0.25) is 0 Å². The number of methoxy groups -OCH3 is 1. The second kappa shape index (κ2) is 14.7. The van der Waals surface area contributed by atoms with Crippen molar-refractivity contribution in [3.05, 3.63) is 88.4 Å². The molecule has 12 nitrogen and oxygen atoms in total. The zero-order chi connectivity index (χ0) is 32.6. The van der Waals surface area contributed by atoms with Crippen LogP contribution in [0.5, 0.6) is 23.0 Å². The fourth-order valence-corrected chi connectivity index (χ4v) is 5.20. The number of anilines is 1.